The smallest absolute Gasteiger partial charge is 0.322 e. The van der Waals surface area contributed by atoms with E-state index in [4.69, 9.17) is 27.9 Å². The van der Waals surface area contributed by atoms with Crippen molar-refractivity contribution in [3.63, 3.8) is 0 Å². The molecule has 0 saturated heterocycles. The van der Waals surface area contributed by atoms with Gasteiger partial charge in [0.25, 0.3) is 5.56 Å². The van der Waals surface area contributed by atoms with Gasteiger partial charge in [-0.25, -0.2) is 4.79 Å². The van der Waals surface area contributed by atoms with Crippen LogP contribution >= 0.6 is 23.2 Å². The third-order valence-electron chi connectivity index (χ3n) is 5.19. The summed E-state index contributed by atoms with van der Waals surface area (Å²) in [5, 5.41) is 4.77. The molecular weight excluding hydrogens is 461 g/mol. The lowest BCUT2D eigenvalue weighted by Crippen LogP contribution is -2.35. The molecule has 168 valence electrons. The third kappa shape index (κ3) is 5.48. The number of ether oxygens (including phenoxy) is 1. The van der Waals surface area contributed by atoms with E-state index in [2.05, 4.69) is 10.3 Å². The molecule has 4 rings (SSSR count). The maximum Gasteiger partial charge on any atom is 0.322 e. The monoisotopic (exact) mass is 481 g/mol. The van der Waals surface area contributed by atoms with Crippen molar-refractivity contribution >= 4 is 45.8 Å². The normalized spacial score (nSPS) is 10.8. The maximum absolute atomic E-state index is 13.2. The zero-order chi connectivity index (χ0) is 23.4. The van der Waals surface area contributed by atoms with Crippen molar-refractivity contribution in [1.82, 2.24) is 9.88 Å². The first-order valence-corrected chi connectivity index (χ1v) is 10.9. The Balaban J connectivity index is 1.67. The number of anilines is 1. The molecule has 0 aliphatic rings. The molecule has 0 radical (unpaired) electrons. The first-order chi connectivity index (χ1) is 15.9. The second kappa shape index (κ2) is 9.98. The van der Waals surface area contributed by atoms with E-state index in [1.807, 2.05) is 24.3 Å². The van der Waals surface area contributed by atoms with Crippen molar-refractivity contribution in [3.8, 4) is 5.75 Å². The summed E-state index contributed by atoms with van der Waals surface area (Å²) in [6.07, 6.45) is 0. The first kappa shape index (κ1) is 22.7. The fourth-order valence-electron chi connectivity index (χ4n) is 3.45. The molecule has 0 unspecified atom stereocenters. The summed E-state index contributed by atoms with van der Waals surface area (Å²) in [6.45, 7) is 0.293. The molecule has 0 spiro atoms. The largest absolute Gasteiger partial charge is 0.497 e. The van der Waals surface area contributed by atoms with Gasteiger partial charge in [0.1, 0.15) is 5.75 Å². The molecule has 2 amide bonds. The van der Waals surface area contributed by atoms with Gasteiger partial charge in [-0.2, -0.15) is 0 Å². The fraction of sp³-hybridized carbons (Fsp3) is 0.120. The number of rotatable bonds is 6. The molecule has 6 nitrogen and oxygen atoms in total. The van der Waals surface area contributed by atoms with Crippen LogP contribution in [0.2, 0.25) is 10.0 Å². The number of methoxy groups -OCH3 is 1. The second-order valence-electron chi connectivity index (χ2n) is 7.46. The Morgan fingerprint density at radius 3 is 2.42 bits per heavy atom. The molecule has 33 heavy (non-hydrogen) atoms. The van der Waals surface area contributed by atoms with Crippen molar-refractivity contribution in [1.29, 1.82) is 0 Å². The Kier molecular flexibility index (Phi) is 6.87. The number of urea groups is 1. The number of aromatic nitrogens is 1. The number of H-pyrrole nitrogens is 1. The molecule has 1 heterocycles. The van der Waals surface area contributed by atoms with E-state index < -0.39 is 0 Å². The molecule has 1 aromatic heterocycles. The van der Waals surface area contributed by atoms with Gasteiger partial charge < -0.3 is 19.9 Å². The van der Waals surface area contributed by atoms with Crippen LogP contribution in [0.3, 0.4) is 0 Å². The summed E-state index contributed by atoms with van der Waals surface area (Å²) < 4.78 is 5.29. The lowest BCUT2D eigenvalue weighted by Gasteiger charge is -2.24. The van der Waals surface area contributed by atoms with Gasteiger partial charge >= 0.3 is 6.03 Å². The highest BCUT2D eigenvalue weighted by atomic mass is 35.5. The van der Waals surface area contributed by atoms with E-state index in [-0.39, 0.29) is 24.7 Å². The number of carbonyl (C=O) groups excluding carboxylic acids is 1. The number of pyridine rings is 1. The van der Waals surface area contributed by atoms with Crippen LogP contribution in [0.5, 0.6) is 5.75 Å². The molecule has 0 aliphatic carbocycles. The van der Waals surface area contributed by atoms with E-state index in [1.54, 1.807) is 55.6 Å². The average molecular weight is 482 g/mol. The lowest BCUT2D eigenvalue weighted by atomic mass is 10.1. The van der Waals surface area contributed by atoms with Crippen molar-refractivity contribution < 1.29 is 9.53 Å². The Hall–Kier alpha value is -3.48. The van der Waals surface area contributed by atoms with Crippen LogP contribution < -0.4 is 15.6 Å². The lowest BCUT2D eigenvalue weighted by molar-refractivity contribution is 0.206. The average Bonchev–Trinajstić information content (AvgIpc) is 2.81. The minimum Gasteiger partial charge on any atom is -0.497 e. The van der Waals surface area contributed by atoms with E-state index >= 15 is 0 Å². The van der Waals surface area contributed by atoms with Crippen LogP contribution in [0.25, 0.3) is 10.9 Å². The highest BCUT2D eigenvalue weighted by molar-refractivity contribution is 6.31. The Labute approximate surface area is 200 Å². The number of nitrogens with zero attached hydrogens (tertiary/aromatic N) is 1. The molecular formula is C25H21Cl2N3O3. The van der Waals surface area contributed by atoms with Crippen LogP contribution in [0.4, 0.5) is 10.5 Å². The molecule has 0 saturated carbocycles. The number of amides is 2. The summed E-state index contributed by atoms with van der Waals surface area (Å²) in [6, 6.07) is 20.9. The summed E-state index contributed by atoms with van der Waals surface area (Å²) in [4.78, 5) is 30.4. The number of halogens is 2. The van der Waals surface area contributed by atoms with E-state index in [0.717, 1.165) is 10.9 Å². The molecule has 0 aliphatic heterocycles. The minimum atomic E-state index is -0.373. The highest BCUT2D eigenvalue weighted by Gasteiger charge is 2.18. The molecule has 4 aromatic rings. The molecule has 8 heteroatoms. The maximum atomic E-state index is 13.2. The molecule has 0 bridgehead atoms. The van der Waals surface area contributed by atoms with Gasteiger partial charge in [-0.1, -0.05) is 41.4 Å². The van der Waals surface area contributed by atoms with Crippen molar-refractivity contribution in [2.75, 3.05) is 12.4 Å². The predicted molar refractivity (Wildman–Crippen MR) is 132 cm³/mol. The van der Waals surface area contributed by atoms with Gasteiger partial charge in [-0.3, -0.25) is 4.79 Å². The van der Waals surface area contributed by atoms with Crippen molar-refractivity contribution in [2.45, 2.75) is 13.1 Å². The summed E-state index contributed by atoms with van der Waals surface area (Å²) in [7, 11) is 1.58. The number of nitrogens with one attached hydrogen (secondary N) is 2. The Morgan fingerprint density at radius 2 is 1.70 bits per heavy atom. The third-order valence-corrected chi connectivity index (χ3v) is 5.81. The highest BCUT2D eigenvalue weighted by Crippen LogP contribution is 2.22. The van der Waals surface area contributed by atoms with E-state index in [1.165, 1.54) is 4.90 Å². The SMILES string of the molecule is COc1ccc2[nH]c(=O)c(CN(Cc3ccccc3Cl)C(=O)Nc3ccc(Cl)cc3)cc2c1. The number of hydrogen-bond donors (Lipinski definition) is 2. The van der Waals surface area contributed by atoms with Crippen LogP contribution in [0.1, 0.15) is 11.1 Å². The summed E-state index contributed by atoms with van der Waals surface area (Å²) >= 11 is 12.3. The van der Waals surface area contributed by atoms with E-state index in [0.29, 0.717) is 32.6 Å². The number of benzene rings is 3. The van der Waals surface area contributed by atoms with Gasteiger partial charge in [0, 0.05) is 38.7 Å². The molecule has 0 atom stereocenters. The molecule has 3 aromatic carbocycles. The topological polar surface area (TPSA) is 74.4 Å². The van der Waals surface area contributed by atoms with Crippen LogP contribution in [0.15, 0.2) is 77.6 Å². The minimum absolute atomic E-state index is 0.0765. The predicted octanol–water partition coefficient (Wildman–Crippen LogP) is 6.08. The van der Waals surface area contributed by atoms with Gasteiger partial charge in [-0.05, 0) is 60.2 Å². The van der Waals surface area contributed by atoms with Gasteiger partial charge in [0.05, 0.1) is 13.7 Å². The van der Waals surface area contributed by atoms with Crippen molar-refractivity contribution in [3.05, 3.63) is 104 Å². The van der Waals surface area contributed by atoms with Gasteiger partial charge in [0.15, 0.2) is 0 Å². The van der Waals surface area contributed by atoms with Crippen molar-refractivity contribution in [2.24, 2.45) is 0 Å². The first-order valence-electron chi connectivity index (χ1n) is 10.2. The zero-order valence-electron chi connectivity index (χ0n) is 17.8. The van der Waals surface area contributed by atoms with Gasteiger partial charge in [-0.15, -0.1) is 0 Å². The molecule has 0 fully saturated rings. The van der Waals surface area contributed by atoms with Crippen LogP contribution in [-0.2, 0) is 13.1 Å². The summed E-state index contributed by atoms with van der Waals surface area (Å²) in [5.41, 5.74) is 2.22. The number of fused-ring (bicyclic) bond motifs is 1. The van der Waals surface area contributed by atoms with E-state index in [9.17, 15) is 9.59 Å². The number of hydrogen-bond acceptors (Lipinski definition) is 3. The number of carbonyl (C=O) groups is 1. The fourth-order valence-corrected chi connectivity index (χ4v) is 3.77. The standard InChI is InChI=1S/C25H21Cl2N3O3/c1-33-21-10-11-23-17(13-21)12-18(24(31)29-23)15-30(14-16-4-2-3-5-22(16)27)25(32)28-20-8-6-19(26)7-9-20/h2-13H,14-15H2,1H3,(H,28,32)(H,29,31). The van der Waals surface area contributed by atoms with Crippen LogP contribution in [0, 0.1) is 0 Å². The Bertz CT molecular complexity index is 1350. The zero-order valence-corrected chi connectivity index (χ0v) is 19.3. The quantitative estimate of drug-likeness (QED) is 0.350. The second-order valence-corrected chi connectivity index (χ2v) is 8.31. The summed E-state index contributed by atoms with van der Waals surface area (Å²) in [5.74, 6) is 0.675. The van der Waals surface area contributed by atoms with Gasteiger partial charge in [0.2, 0.25) is 0 Å². The Morgan fingerprint density at radius 1 is 0.970 bits per heavy atom. The molecule has 2 N–H and O–H groups in total. The number of aromatic amines is 1. The van der Waals surface area contributed by atoms with Crippen LogP contribution in [-0.4, -0.2) is 23.0 Å².